The Morgan fingerprint density at radius 1 is 1.27 bits per heavy atom. The molecule has 0 unspecified atom stereocenters. The van der Waals surface area contributed by atoms with E-state index in [1.54, 1.807) is 0 Å². The summed E-state index contributed by atoms with van der Waals surface area (Å²) in [6.07, 6.45) is 6.42. The van der Waals surface area contributed by atoms with Crippen LogP contribution < -0.4 is 0 Å². The Kier molecular flexibility index (Phi) is 7.49. The van der Waals surface area contributed by atoms with E-state index in [0.29, 0.717) is 0 Å². The summed E-state index contributed by atoms with van der Waals surface area (Å²) in [6.45, 7) is 5.48. The first-order chi connectivity index (χ1) is 7.33. The van der Waals surface area contributed by atoms with Crippen molar-refractivity contribution in [3.8, 4) is 0 Å². The summed E-state index contributed by atoms with van der Waals surface area (Å²) >= 11 is 1.90. The van der Waals surface area contributed by atoms with Crippen LogP contribution in [0, 0.1) is 0 Å². The lowest BCUT2D eigenvalue weighted by Gasteiger charge is -2.28. The van der Waals surface area contributed by atoms with Crippen LogP contribution in [-0.4, -0.2) is 47.3 Å². The fraction of sp³-hybridized carbons (Fsp3) is 1.00. The third-order valence-electron chi connectivity index (χ3n) is 2.87. The first-order valence-electron chi connectivity index (χ1n) is 6.31. The Labute approximate surface area is 98.4 Å². The highest BCUT2D eigenvalue weighted by Crippen LogP contribution is 2.11. The van der Waals surface area contributed by atoms with Crippen LogP contribution in [0.5, 0.6) is 0 Å². The third kappa shape index (κ3) is 6.44. The van der Waals surface area contributed by atoms with Crippen molar-refractivity contribution in [2.24, 2.45) is 0 Å². The van der Waals surface area contributed by atoms with Crippen LogP contribution in [0.1, 0.15) is 39.0 Å². The van der Waals surface area contributed by atoms with Gasteiger partial charge in [-0.05, 0) is 38.1 Å². The standard InChI is InChI=1S/C12H25NOS/c1-2-3-9-15-11-12(14)10-13-7-5-4-6-8-13/h12,14H,2-11H2,1H3/t12-/m0/s1. The van der Waals surface area contributed by atoms with Crippen molar-refractivity contribution in [3.05, 3.63) is 0 Å². The summed E-state index contributed by atoms with van der Waals surface area (Å²) in [6, 6.07) is 0. The fourth-order valence-corrected chi connectivity index (χ4v) is 3.00. The average Bonchev–Trinajstić information content (AvgIpc) is 2.26. The quantitative estimate of drug-likeness (QED) is 0.681. The number of unbranched alkanes of at least 4 members (excludes halogenated alkanes) is 1. The van der Waals surface area contributed by atoms with Gasteiger partial charge in [-0.1, -0.05) is 19.8 Å². The van der Waals surface area contributed by atoms with Crippen LogP contribution in [0.4, 0.5) is 0 Å². The van der Waals surface area contributed by atoms with Crippen LogP contribution >= 0.6 is 11.8 Å². The molecule has 0 aromatic carbocycles. The topological polar surface area (TPSA) is 23.5 Å². The van der Waals surface area contributed by atoms with Gasteiger partial charge in [0.15, 0.2) is 0 Å². The molecule has 90 valence electrons. The maximum absolute atomic E-state index is 9.84. The smallest absolute Gasteiger partial charge is 0.0757 e. The molecule has 1 fully saturated rings. The second-order valence-electron chi connectivity index (χ2n) is 4.44. The summed E-state index contributed by atoms with van der Waals surface area (Å²) in [5, 5.41) is 9.84. The molecule has 1 atom stereocenters. The van der Waals surface area contributed by atoms with E-state index in [2.05, 4.69) is 11.8 Å². The molecular weight excluding hydrogens is 206 g/mol. The van der Waals surface area contributed by atoms with Crippen molar-refractivity contribution in [1.29, 1.82) is 0 Å². The van der Waals surface area contributed by atoms with Crippen molar-refractivity contribution in [2.75, 3.05) is 31.1 Å². The van der Waals surface area contributed by atoms with Gasteiger partial charge in [-0.3, -0.25) is 0 Å². The van der Waals surface area contributed by atoms with E-state index in [4.69, 9.17) is 0 Å². The lowest BCUT2D eigenvalue weighted by atomic mass is 10.1. The minimum atomic E-state index is -0.120. The third-order valence-corrected chi connectivity index (χ3v) is 4.07. The summed E-state index contributed by atoms with van der Waals surface area (Å²) in [5.41, 5.74) is 0. The fourth-order valence-electron chi connectivity index (χ4n) is 1.96. The second kappa shape index (κ2) is 8.43. The monoisotopic (exact) mass is 231 g/mol. The van der Waals surface area contributed by atoms with Crippen molar-refractivity contribution in [1.82, 2.24) is 4.90 Å². The first-order valence-corrected chi connectivity index (χ1v) is 7.46. The molecule has 1 saturated heterocycles. The van der Waals surface area contributed by atoms with E-state index < -0.39 is 0 Å². The number of hydrogen-bond donors (Lipinski definition) is 1. The zero-order valence-electron chi connectivity index (χ0n) is 9.95. The largest absolute Gasteiger partial charge is 0.391 e. The molecule has 0 spiro atoms. The molecule has 1 heterocycles. The summed E-state index contributed by atoms with van der Waals surface area (Å²) in [7, 11) is 0. The van der Waals surface area contributed by atoms with Gasteiger partial charge in [0, 0.05) is 12.3 Å². The number of β-amino-alcohol motifs (C(OH)–C–C–N with tert-alkyl or cyclic N) is 1. The Bertz CT molecular complexity index is 149. The minimum Gasteiger partial charge on any atom is -0.391 e. The van der Waals surface area contributed by atoms with Gasteiger partial charge < -0.3 is 10.0 Å². The number of rotatable bonds is 7. The zero-order valence-corrected chi connectivity index (χ0v) is 10.8. The van der Waals surface area contributed by atoms with Crippen molar-refractivity contribution in [3.63, 3.8) is 0 Å². The number of nitrogens with zero attached hydrogens (tertiary/aromatic N) is 1. The van der Waals surface area contributed by atoms with Crippen molar-refractivity contribution < 1.29 is 5.11 Å². The van der Waals surface area contributed by atoms with Gasteiger partial charge in [0.25, 0.3) is 0 Å². The Hall–Kier alpha value is 0.270. The van der Waals surface area contributed by atoms with E-state index in [1.807, 2.05) is 11.8 Å². The van der Waals surface area contributed by atoms with Crippen LogP contribution in [0.2, 0.25) is 0 Å². The van der Waals surface area contributed by atoms with E-state index >= 15 is 0 Å². The molecule has 1 aliphatic rings. The molecule has 15 heavy (non-hydrogen) atoms. The van der Waals surface area contributed by atoms with E-state index in [9.17, 15) is 5.11 Å². The Morgan fingerprint density at radius 3 is 2.67 bits per heavy atom. The van der Waals surface area contributed by atoms with E-state index in [0.717, 1.165) is 12.3 Å². The highest BCUT2D eigenvalue weighted by molar-refractivity contribution is 7.99. The summed E-state index contributed by atoms with van der Waals surface area (Å²) in [5.74, 6) is 2.12. The van der Waals surface area contributed by atoms with Gasteiger partial charge >= 0.3 is 0 Å². The molecule has 0 amide bonds. The molecule has 2 nitrogen and oxygen atoms in total. The molecule has 0 aliphatic carbocycles. The SMILES string of the molecule is CCCCSC[C@@H](O)CN1CCCCC1. The normalized spacial score (nSPS) is 20.4. The average molecular weight is 231 g/mol. The van der Waals surface area contributed by atoms with Crippen LogP contribution in [-0.2, 0) is 0 Å². The summed E-state index contributed by atoms with van der Waals surface area (Å²) in [4.78, 5) is 2.41. The van der Waals surface area contributed by atoms with Crippen LogP contribution in [0.3, 0.4) is 0 Å². The predicted octanol–water partition coefficient (Wildman–Crippen LogP) is 2.37. The zero-order chi connectivity index (χ0) is 10.9. The van der Waals surface area contributed by atoms with Crippen LogP contribution in [0.25, 0.3) is 0 Å². The molecule has 3 heteroatoms. The lowest BCUT2D eigenvalue weighted by molar-refractivity contribution is 0.117. The molecule has 1 aliphatic heterocycles. The maximum Gasteiger partial charge on any atom is 0.0757 e. The Balaban J connectivity index is 1.98. The number of piperidine rings is 1. The molecule has 0 radical (unpaired) electrons. The first kappa shape index (κ1) is 13.3. The molecule has 1 N–H and O–H groups in total. The van der Waals surface area contributed by atoms with Crippen LogP contribution in [0.15, 0.2) is 0 Å². The van der Waals surface area contributed by atoms with Gasteiger partial charge in [-0.2, -0.15) is 11.8 Å². The Morgan fingerprint density at radius 2 is 2.00 bits per heavy atom. The van der Waals surface area contributed by atoms with Crippen molar-refractivity contribution in [2.45, 2.75) is 45.1 Å². The maximum atomic E-state index is 9.84. The molecule has 1 rings (SSSR count). The van der Waals surface area contributed by atoms with E-state index in [1.165, 1.54) is 50.9 Å². The molecule has 0 bridgehead atoms. The second-order valence-corrected chi connectivity index (χ2v) is 5.59. The number of thioether (sulfide) groups is 1. The molecule has 0 aromatic rings. The number of hydrogen-bond acceptors (Lipinski definition) is 3. The number of aliphatic hydroxyl groups is 1. The van der Waals surface area contributed by atoms with Gasteiger partial charge in [-0.25, -0.2) is 0 Å². The van der Waals surface area contributed by atoms with Crippen molar-refractivity contribution >= 4 is 11.8 Å². The van der Waals surface area contributed by atoms with Gasteiger partial charge in [0.2, 0.25) is 0 Å². The van der Waals surface area contributed by atoms with Gasteiger partial charge in [0.05, 0.1) is 6.10 Å². The molecular formula is C12H25NOS. The lowest BCUT2D eigenvalue weighted by Crippen LogP contribution is -2.37. The highest BCUT2D eigenvalue weighted by Gasteiger charge is 2.14. The van der Waals surface area contributed by atoms with Gasteiger partial charge in [-0.15, -0.1) is 0 Å². The highest BCUT2D eigenvalue weighted by atomic mass is 32.2. The van der Waals surface area contributed by atoms with E-state index in [-0.39, 0.29) is 6.10 Å². The number of aliphatic hydroxyl groups excluding tert-OH is 1. The summed E-state index contributed by atoms with van der Waals surface area (Å²) < 4.78 is 0. The molecule has 0 saturated carbocycles. The predicted molar refractivity (Wildman–Crippen MR) is 68.5 cm³/mol. The number of likely N-dealkylation sites (tertiary alicyclic amines) is 1. The minimum absolute atomic E-state index is 0.120. The molecule has 0 aromatic heterocycles. The van der Waals surface area contributed by atoms with Gasteiger partial charge in [0.1, 0.15) is 0 Å².